The van der Waals surface area contributed by atoms with E-state index in [-0.39, 0.29) is 17.4 Å². The van der Waals surface area contributed by atoms with Gasteiger partial charge in [0, 0.05) is 28.5 Å². The van der Waals surface area contributed by atoms with Crippen molar-refractivity contribution in [3.05, 3.63) is 88.4 Å². The predicted molar refractivity (Wildman–Crippen MR) is 131 cm³/mol. The molecule has 0 fully saturated rings. The number of aryl methyl sites for hydroxylation is 1. The average Bonchev–Trinajstić information content (AvgIpc) is 2.83. The minimum absolute atomic E-state index is 0.0986. The quantitative estimate of drug-likeness (QED) is 0.487. The highest BCUT2D eigenvalue weighted by atomic mass is 35.5. The molecule has 4 rings (SSSR count). The molecule has 34 heavy (non-hydrogen) atoms. The maximum Gasteiger partial charge on any atom is 0.338 e. The number of esters is 1. The Balaban J connectivity index is 1.55. The molecule has 0 saturated heterocycles. The second-order valence-electron chi connectivity index (χ2n) is 7.76. The molecule has 0 saturated carbocycles. The number of nitrogens with zero attached hydrogens (tertiary/aromatic N) is 1. The zero-order valence-electron chi connectivity index (χ0n) is 18.5. The summed E-state index contributed by atoms with van der Waals surface area (Å²) in [6, 6.07) is 17.5. The summed E-state index contributed by atoms with van der Waals surface area (Å²) in [6.07, 6.45) is 1.38. The van der Waals surface area contributed by atoms with E-state index >= 15 is 0 Å². The van der Waals surface area contributed by atoms with Gasteiger partial charge >= 0.3 is 5.97 Å². The number of fused-ring (bicyclic) bond motifs is 1. The molecule has 1 aliphatic heterocycles. The molecule has 0 aromatic heterocycles. The van der Waals surface area contributed by atoms with Gasteiger partial charge in [0.2, 0.25) is 0 Å². The number of anilines is 2. The monoisotopic (exact) mass is 498 g/mol. The Labute approximate surface area is 203 Å². The van der Waals surface area contributed by atoms with Crippen molar-refractivity contribution in [2.45, 2.75) is 24.7 Å². The van der Waals surface area contributed by atoms with Gasteiger partial charge < -0.3 is 9.64 Å². The van der Waals surface area contributed by atoms with Crippen molar-refractivity contribution in [1.82, 2.24) is 0 Å². The van der Waals surface area contributed by atoms with Crippen LogP contribution in [0.5, 0.6) is 0 Å². The van der Waals surface area contributed by atoms with Gasteiger partial charge in [-0.25, -0.2) is 13.2 Å². The number of carbonyl (C=O) groups excluding carboxylic acids is 2. The first-order valence-corrected chi connectivity index (χ1v) is 12.6. The van der Waals surface area contributed by atoms with Crippen LogP contribution in [0.25, 0.3) is 0 Å². The van der Waals surface area contributed by atoms with E-state index in [0.717, 1.165) is 12.0 Å². The molecule has 3 aromatic rings. The zero-order valence-corrected chi connectivity index (χ0v) is 20.0. The number of amides is 1. The van der Waals surface area contributed by atoms with Crippen LogP contribution in [0.2, 0.25) is 5.02 Å². The van der Waals surface area contributed by atoms with Gasteiger partial charge in [-0.2, -0.15) is 0 Å². The number of hydrogen-bond donors (Lipinski definition) is 1. The molecule has 0 spiro atoms. The van der Waals surface area contributed by atoms with Crippen molar-refractivity contribution in [3.63, 3.8) is 0 Å². The van der Waals surface area contributed by atoms with E-state index in [1.807, 2.05) is 0 Å². The van der Waals surface area contributed by atoms with Crippen molar-refractivity contribution in [2.24, 2.45) is 0 Å². The molecule has 9 heteroatoms. The fourth-order valence-corrected chi connectivity index (χ4v) is 5.04. The number of carbonyl (C=O) groups is 2. The first-order chi connectivity index (χ1) is 16.3. The van der Waals surface area contributed by atoms with E-state index in [2.05, 4.69) is 4.72 Å². The molecule has 0 unspecified atom stereocenters. The fraction of sp³-hybridized carbons (Fsp3) is 0.200. The van der Waals surface area contributed by atoms with E-state index < -0.39 is 16.0 Å². The van der Waals surface area contributed by atoms with Gasteiger partial charge in [0.1, 0.15) is 0 Å². The molecule has 3 aromatic carbocycles. The topological polar surface area (TPSA) is 92.8 Å². The third-order valence-corrected chi connectivity index (χ3v) is 7.10. The van der Waals surface area contributed by atoms with Crippen LogP contribution in [0.15, 0.2) is 71.6 Å². The van der Waals surface area contributed by atoms with Crippen LogP contribution >= 0.6 is 11.6 Å². The van der Waals surface area contributed by atoms with Crippen molar-refractivity contribution >= 4 is 44.9 Å². The van der Waals surface area contributed by atoms with Gasteiger partial charge in [-0.05, 0) is 92.1 Å². The van der Waals surface area contributed by atoms with Crippen LogP contribution < -0.4 is 9.62 Å². The molecule has 1 N–H and O–H groups in total. The van der Waals surface area contributed by atoms with Crippen LogP contribution in [-0.2, 0) is 21.2 Å². The van der Waals surface area contributed by atoms with Gasteiger partial charge in [-0.3, -0.25) is 9.52 Å². The Hall–Kier alpha value is -3.36. The van der Waals surface area contributed by atoms with E-state index in [4.69, 9.17) is 16.3 Å². The first kappa shape index (κ1) is 23.8. The number of sulfonamides is 1. The highest BCUT2D eigenvalue weighted by Gasteiger charge is 2.26. The van der Waals surface area contributed by atoms with Crippen molar-refractivity contribution < 1.29 is 22.7 Å². The minimum Gasteiger partial charge on any atom is -0.462 e. The van der Waals surface area contributed by atoms with Gasteiger partial charge in [-0.1, -0.05) is 11.6 Å². The standard InChI is InChI=1S/C25H23ClN2O5S/c1-2-33-25(30)18-7-11-21(12-8-18)27-34(31,32)22-13-14-23-19(16-22)4-3-15-28(23)24(29)17-5-9-20(26)10-6-17/h5-14,16,27H,2-4,15H2,1H3. The first-order valence-electron chi connectivity index (χ1n) is 10.8. The third kappa shape index (κ3) is 5.08. The number of nitrogens with one attached hydrogen (secondary N) is 1. The highest BCUT2D eigenvalue weighted by Crippen LogP contribution is 2.31. The number of ether oxygens (including phenoxy) is 1. The molecule has 7 nitrogen and oxygen atoms in total. The maximum atomic E-state index is 13.0. The Bertz CT molecular complexity index is 1320. The van der Waals surface area contributed by atoms with E-state index in [9.17, 15) is 18.0 Å². The van der Waals surface area contributed by atoms with E-state index in [1.54, 1.807) is 48.2 Å². The van der Waals surface area contributed by atoms with Gasteiger partial charge in [0.05, 0.1) is 17.1 Å². The Kier molecular flexibility index (Phi) is 6.90. The number of halogens is 1. The summed E-state index contributed by atoms with van der Waals surface area (Å²) < 4.78 is 33.4. The molecule has 1 heterocycles. The van der Waals surface area contributed by atoms with Crippen LogP contribution in [0.3, 0.4) is 0 Å². The third-order valence-electron chi connectivity index (χ3n) is 5.46. The largest absolute Gasteiger partial charge is 0.462 e. The lowest BCUT2D eigenvalue weighted by Crippen LogP contribution is -2.35. The lowest BCUT2D eigenvalue weighted by Gasteiger charge is -2.30. The lowest BCUT2D eigenvalue weighted by molar-refractivity contribution is 0.0526. The van der Waals surface area contributed by atoms with Crippen molar-refractivity contribution in [1.29, 1.82) is 0 Å². The Morgan fingerprint density at radius 1 is 1.00 bits per heavy atom. The summed E-state index contributed by atoms with van der Waals surface area (Å²) in [6.45, 7) is 2.52. The van der Waals surface area contributed by atoms with Gasteiger partial charge in [0.15, 0.2) is 0 Å². The molecular weight excluding hydrogens is 476 g/mol. The molecule has 0 bridgehead atoms. The summed E-state index contributed by atoms with van der Waals surface area (Å²) in [7, 11) is -3.87. The Morgan fingerprint density at radius 2 is 1.68 bits per heavy atom. The normalized spacial score (nSPS) is 13.2. The number of hydrogen-bond acceptors (Lipinski definition) is 5. The SMILES string of the molecule is CCOC(=O)c1ccc(NS(=O)(=O)c2ccc3c(c2)CCCN3C(=O)c2ccc(Cl)cc2)cc1. The zero-order chi connectivity index (χ0) is 24.3. The van der Waals surface area contributed by atoms with Gasteiger partial charge in [0.25, 0.3) is 15.9 Å². The Morgan fingerprint density at radius 3 is 2.35 bits per heavy atom. The summed E-state index contributed by atoms with van der Waals surface area (Å²) in [5, 5.41) is 0.550. The molecule has 0 aliphatic carbocycles. The maximum absolute atomic E-state index is 13.0. The summed E-state index contributed by atoms with van der Waals surface area (Å²) in [5.74, 6) is -0.627. The second kappa shape index (κ2) is 9.87. The number of benzene rings is 3. The molecular formula is C25H23ClN2O5S. The smallest absolute Gasteiger partial charge is 0.338 e. The lowest BCUT2D eigenvalue weighted by atomic mass is 10.0. The van der Waals surface area contributed by atoms with Crippen LogP contribution in [0, 0.1) is 0 Å². The van der Waals surface area contributed by atoms with Crippen LogP contribution in [-0.4, -0.2) is 33.4 Å². The highest BCUT2D eigenvalue weighted by molar-refractivity contribution is 7.92. The summed E-state index contributed by atoms with van der Waals surface area (Å²) in [4.78, 5) is 26.6. The van der Waals surface area contributed by atoms with E-state index in [1.165, 1.54) is 30.3 Å². The van der Waals surface area contributed by atoms with Crippen LogP contribution in [0.1, 0.15) is 39.6 Å². The fourth-order valence-electron chi connectivity index (χ4n) is 3.80. The molecule has 0 atom stereocenters. The molecule has 176 valence electrons. The summed E-state index contributed by atoms with van der Waals surface area (Å²) in [5.41, 5.74) is 2.66. The van der Waals surface area contributed by atoms with Crippen molar-refractivity contribution in [3.8, 4) is 0 Å². The van der Waals surface area contributed by atoms with Crippen LogP contribution in [0.4, 0.5) is 11.4 Å². The molecule has 1 amide bonds. The molecule has 1 aliphatic rings. The van der Waals surface area contributed by atoms with Gasteiger partial charge in [-0.15, -0.1) is 0 Å². The average molecular weight is 499 g/mol. The van der Waals surface area contributed by atoms with E-state index in [0.29, 0.717) is 40.5 Å². The second-order valence-corrected chi connectivity index (χ2v) is 9.88. The number of rotatable bonds is 6. The predicted octanol–water partition coefficient (Wildman–Crippen LogP) is 4.91. The molecule has 0 radical (unpaired) electrons. The summed E-state index contributed by atoms with van der Waals surface area (Å²) >= 11 is 5.93. The van der Waals surface area contributed by atoms with Crippen molar-refractivity contribution in [2.75, 3.05) is 22.8 Å². The minimum atomic E-state index is -3.87.